The van der Waals surface area contributed by atoms with E-state index in [4.69, 9.17) is 21.3 Å². The van der Waals surface area contributed by atoms with Crippen LogP contribution in [-0.4, -0.2) is 28.6 Å². The molecule has 0 saturated carbocycles. The first kappa shape index (κ1) is 25.8. The minimum atomic E-state index is 0.0897. The summed E-state index contributed by atoms with van der Waals surface area (Å²) in [7, 11) is 0. The Kier molecular flexibility index (Phi) is 9.40. The molecule has 0 saturated heterocycles. The van der Waals surface area contributed by atoms with Gasteiger partial charge in [0, 0.05) is 24.5 Å². The summed E-state index contributed by atoms with van der Waals surface area (Å²) in [5.74, 6) is 2.04. The van der Waals surface area contributed by atoms with Gasteiger partial charge in [0.25, 0.3) is 0 Å². The lowest BCUT2D eigenvalue weighted by atomic mass is 10.1. The monoisotopic (exact) mass is 503 g/mol. The van der Waals surface area contributed by atoms with E-state index < -0.39 is 0 Å². The number of imidazole rings is 1. The van der Waals surface area contributed by atoms with Gasteiger partial charge in [-0.15, -0.1) is 0 Å². The Labute approximate surface area is 218 Å². The number of hydrogen-bond donors (Lipinski definition) is 1. The number of ether oxygens (including phenoxy) is 1. The molecule has 1 heterocycles. The molecule has 6 heteroatoms. The minimum Gasteiger partial charge on any atom is -0.494 e. The summed E-state index contributed by atoms with van der Waals surface area (Å²) in [6.45, 7) is 4.25. The van der Waals surface area contributed by atoms with Crippen LogP contribution >= 0.6 is 11.6 Å². The molecule has 4 rings (SSSR count). The summed E-state index contributed by atoms with van der Waals surface area (Å²) in [6, 6.07) is 23.8. The summed E-state index contributed by atoms with van der Waals surface area (Å²) in [6.07, 6.45) is 5.31. The third-order valence-electron chi connectivity index (χ3n) is 6.35. The SMILES string of the molecule is Cc1ccccc1CC(=O)NCCCCCc1nc2ccccc2n1CCCOc1ccc(Cl)cc1. The minimum absolute atomic E-state index is 0.0897. The molecule has 0 aliphatic heterocycles. The summed E-state index contributed by atoms with van der Waals surface area (Å²) < 4.78 is 8.20. The first-order chi connectivity index (χ1) is 17.6. The molecule has 0 spiro atoms. The van der Waals surface area contributed by atoms with E-state index in [0.29, 0.717) is 24.6 Å². The number of hydrogen-bond acceptors (Lipinski definition) is 3. The lowest BCUT2D eigenvalue weighted by Crippen LogP contribution is -2.26. The smallest absolute Gasteiger partial charge is 0.224 e. The number of rotatable bonds is 13. The number of carbonyl (C=O) groups is 1. The zero-order valence-electron chi connectivity index (χ0n) is 20.9. The number of aryl methyl sites for hydroxylation is 3. The maximum atomic E-state index is 12.3. The number of amides is 1. The topological polar surface area (TPSA) is 56.2 Å². The number of nitrogens with zero attached hydrogens (tertiary/aromatic N) is 2. The van der Waals surface area contributed by atoms with Crippen LogP contribution in [0.4, 0.5) is 0 Å². The number of unbranched alkanes of at least 4 members (excludes halogenated alkanes) is 2. The third-order valence-corrected chi connectivity index (χ3v) is 6.61. The molecule has 0 atom stereocenters. The lowest BCUT2D eigenvalue weighted by Gasteiger charge is -2.11. The van der Waals surface area contributed by atoms with Gasteiger partial charge in [0.2, 0.25) is 5.91 Å². The first-order valence-electron chi connectivity index (χ1n) is 12.7. The van der Waals surface area contributed by atoms with E-state index >= 15 is 0 Å². The van der Waals surface area contributed by atoms with Crippen molar-refractivity contribution in [2.75, 3.05) is 13.2 Å². The van der Waals surface area contributed by atoms with Gasteiger partial charge in [-0.2, -0.15) is 0 Å². The maximum absolute atomic E-state index is 12.3. The Hall–Kier alpha value is -3.31. The van der Waals surface area contributed by atoms with Crippen molar-refractivity contribution in [1.29, 1.82) is 0 Å². The Bertz CT molecular complexity index is 1270. The van der Waals surface area contributed by atoms with Crippen LogP contribution in [0.15, 0.2) is 72.8 Å². The van der Waals surface area contributed by atoms with Crippen molar-refractivity contribution >= 4 is 28.5 Å². The van der Waals surface area contributed by atoms with Crippen molar-refractivity contribution < 1.29 is 9.53 Å². The highest BCUT2D eigenvalue weighted by Crippen LogP contribution is 2.19. The van der Waals surface area contributed by atoms with Crippen molar-refractivity contribution in [3.8, 4) is 5.75 Å². The zero-order chi connectivity index (χ0) is 25.2. The van der Waals surface area contributed by atoms with Gasteiger partial charge in [0.15, 0.2) is 0 Å². The molecule has 0 fully saturated rings. The summed E-state index contributed by atoms with van der Waals surface area (Å²) in [4.78, 5) is 17.2. The highest BCUT2D eigenvalue weighted by atomic mass is 35.5. The summed E-state index contributed by atoms with van der Waals surface area (Å²) >= 11 is 5.95. The van der Waals surface area contributed by atoms with E-state index in [2.05, 4.69) is 28.1 Å². The van der Waals surface area contributed by atoms with Gasteiger partial charge in [-0.3, -0.25) is 4.79 Å². The Balaban J connectivity index is 1.21. The standard InChI is InChI=1S/C30H34ClN3O2/c1-23-10-4-5-11-24(23)22-30(35)32-19-8-2-3-14-29-33-27-12-6-7-13-28(27)34(29)20-9-21-36-26-17-15-25(31)16-18-26/h4-7,10-13,15-18H,2-3,8-9,14,19-22H2,1H3,(H,32,35). The molecule has 1 amide bonds. The summed E-state index contributed by atoms with van der Waals surface area (Å²) in [5, 5.41) is 3.77. The molecule has 0 unspecified atom stereocenters. The van der Waals surface area contributed by atoms with Crippen molar-refractivity contribution in [3.05, 3.63) is 94.8 Å². The maximum Gasteiger partial charge on any atom is 0.224 e. The van der Waals surface area contributed by atoms with E-state index in [-0.39, 0.29) is 5.91 Å². The van der Waals surface area contributed by atoms with Crippen LogP contribution in [-0.2, 0) is 24.2 Å². The molecule has 1 aromatic heterocycles. The van der Waals surface area contributed by atoms with Crippen LogP contribution < -0.4 is 10.1 Å². The number of aromatic nitrogens is 2. The first-order valence-corrected chi connectivity index (χ1v) is 13.1. The van der Waals surface area contributed by atoms with Crippen LogP contribution in [0, 0.1) is 6.92 Å². The highest BCUT2D eigenvalue weighted by Gasteiger charge is 2.10. The molecule has 0 radical (unpaired) electrons. The van der Waals surface area contributed by atoms with Crippen LogP contribution in [0.5, 0.6) is 5.75 Å². The van der Waals surface area contributed by atoms with Gasteiger partial charge in [-0.25, -0.2) is 4.98 Å². The Morgan fingerprint density at radius 1 is 0.944 bits per heavy atom. The molecule has 5 nitrogen and oxygen atoms in total. The van der Waals surface area contributed by atoms with Crippen molar-refractivity contribution in [2.45, 2.75) is 52.0 Å². The number of para-hydroxylation sites is 2. The molecule has 36 heavy (non-hydrogen) atoms. The van der Waals surface area contributed by atoms with Gasteiger partial charge in [0.05, 0.1) is 24.1 Å². The molecule has 0 aliphatic rings. The van der Waals surface area contributed by atoms with E-state index in [1.165, 1.54) is 5.52 Å². The van der Waals surface area contributed by atoms with Gasteiger partial charge >= 0.3 is 0 Å². The molecule has 3 aromatic carbocycles. The molecule has 0 aliphatic carbocycles. The quantitative estimate of drug-likeness (QED) is 0.211. The molecule has 4 aromatic rings. The fourth-order valence-electron chi connectivity index (χ4n) is 4.37. The average molecular weight is 504 g/mol. The van der Waals surface area contributed by atoms with Gasteiger partial charge in [0.1, 0.15) is 11.6 Å². The van der Waals surface area contributed by atoms with Crippen LogP contribution in [0.25, 0.3) is 11.0 Å². The van der Waals surface area contributed by atoms with Gasteiger partial charge in [-0.1, -0.05) is 54.4 Å². The van der Waals surface area contributed by atoms with Gasteiger partial charge in [-0.05, 0) is 73.7 Å². The normalized spacial score (nSPS) is 11.1. The molecule has 1 N–H and O–H groups in total. The molecule has 188 valence electrons. The van der Waals surface area contributed by atoms with Crippen LogP contribution in [0.1, 0.15) is 42.6 Å². The molecular weight excluding hydrogens is 470 g/mol. The third kappa shape index (κ3) is 7.34. The predicted molar refractivity (Wildman–Crippen MR) is 147 cm³/mol. The number of nitrogens with one attached hydrogen (secondary N) is 1. The van der Waals surface area contributed by atoms with Crippen LogP contribution in [0.3, 0.4) is 0 Å². The van der Waals surface area contributed by atoms with Crippen molar-refractivity contribution in [3.63, 3.8) is 0 Å². The second-order valence-corrected chi connectivity index (χ2v) is 9.52. The highest BCUT2D eigenvalue weighted by molar-refractivity contribution is 6.30. The number of fused-ring (bicyclic) bond motifs is 1. The van der Waals surface area contributed by atoms with E-state index in [9.17, 15) is 4.79 Å². The Morgan fingerprint density at radius 3 is 2.56 bits per heavy atom. The fourth-order valence-corrected chi connectivity index (χ4v) is 4.49. The van der Waals surface area contributed by atoms with E-state index in [1.807, 2.05) is 61.5 Å². The van der Waals surface area contributed by atoms with Crippen molar-refractivity contribution in [1.82, 2.24) is 14.9 Å². The molecule has 0 bridgehead atoms. The second kappa shape index (κ2) is 13.1. The largest absolute Gasteiger partial charge is 0.494 e. The number of carbonyl (C=O) groups excluding carboxylic acids is 1. The van der Waals surface area contributed by atoms with Crippen molar-refractivity contribution in [2.24, 2.45) is 0 Å². The average Bonchev–Trinajstić information content (AvgIpc) is 3.23. The van der Waals surface area contributed by atoms with E-state index in [0.717, 1.165) is 66.9 Å². The van der Waals surface area contributed by atoms with Gasteiger partial charge < -0.3 is 14.6 Å². The Morgan fingerprint density at radius 2 is 1.72 bits per heavy atom. The summed E-state index contributed by atoms with van der Waals surface area (Å²) in [5.41, 5.74) is 4.46. The number of halogens is 1. The second-order valence-electron chi connectivity index (χ2n) is 9.09. The predicted octanol–water partition coefficient (Wildman–Crippen LogP) is 6.54. The lowest BCUT2D eigenvalue weighted by molar-refractivity contribution is -0.120. The zero-order valence-corrected chi connectivity index (χ0v) is 21.6. The van der Waals surface area contributed by atoms with E-state index in [1.54, 1.807) is 0 Å². The number of benzene rings is 3. The fraction of sp³-hybridized carbons (Fsp3) is 0.333. The molecular formula is C30H34ClN3O2. The van der Waals surface area contributed by atoms with Crippen LogP contribution in [0.2, 0.25) is 5.02 Å².